The van der Waals surface area contributed by atoms with Crippen molar-refractivity contribution in [3.63, 3.8) is 0 Å². The Bertz CT molecular complexity index is 2210. The number of allylic oxidation sites excluding steroid dienone is 1. The van der Waals surface area contributed by atoms with Crippen LogP contribution in [0.5, 0.6) is 5.75 Å². The molecule has 17 nitrogen and oxygen atoms in total. The van der Waals surface area contributed by atoms with Gasteiger partial charge in [-0.15, -0.1) is 13.2 Å². The van der Waals surface area contributed by atoms with Crippen molar-refractivity contribution in [1.29, 1.82) is 0 Å². The molecular formula is C46H58F3NO16. The molecule has 4 fully saturated rings. The van der Waals surface area contributed by atoms with Crippen LogP contribution in [0.3, 0.4) is 0 Å². The van der Waals surface area contributed by atoms with Crippen molar-refractivity contribution in [3.8, 4) is 5.75 Å². The second-order valence-electron chi connectivity index (χ2n) is 19.9. The highest BCUT2D eigenvalue weighted by Gasteiger charge is 2.78. The summed E-state index contributed by atoms with van der Waals surface area (Å²) in [7, 11) is 0. The number of aliphatic hydroxyl groups is 3. The number of nitrogens with one attached hydrogen (secondary N) is 1. The van der Waals surface area contributed by atoms with E-state index < -0.39 is 149 Å². The van der Waals surface area contributed by atoms with E-state index in [1.165, 1.54) is 33.8 Å². The molecule has 1 saturated heterocycles. The second kappa shape index (κ2) is 17.6. The SMILES string of the molecule is CC(=O)O[C@@]12CO[C@@H]1C[C@H](O)[C@@]1(C)C(=O)[C@H](OC(=O)C3CC3)C3=C(C)[C@@H](OC(=O)[C@H](O)[C@H](C=C(C)C)NC(=O)OC(C)(C)C)C[C@@](O)([C@@H](OC(=O)c4cccc(OC(F)(F)F)c4)[C@H]21)C3(C)C. The number of rotatable bonds is 11. The first-order chi connectivity index (χ1) is 30.4. The quantitative estimate of drug-likeness (QED) is 0.133. The highest BCUT2D eigenvalue weighted by Crippen LogP contribution is 2.64. The number of benzene rings is 1. The molecule has 4 aliphatic carbocycles. The number of amides is 1. The van der Waals surface area contributed by atoms with Crippen LogP contribution in [0, 0.1) is 22.7 Å². The Hall–Kier alpha value is -5.05. The number of aliphatic hydroxyl groups excluding tert-OH is 2. The summed E-state index contributed by atoms with van der Waals surface area (Å²) in [5.41, 5.74) is -9.58. The van der Waals surface area contributed by atoms with Crippen molar-refractivity contribution < 1.29 is 90.4 Å². The van der Waals surface area contributed by atoms with Crippen molar-refractivity contribution in [2.45, 2.75) is 161 Å². The monoisotopic (exact) mass is 937 g/mol. The number of fused-ring (bicyclic) bond motifs is 5. The molecule has 1 heterocycles. The number of esters is 4. The number of ether oxygens (including phenoxy) is 7. The average Bonchev–Trinajstić information content (AvgIpc) is 4.03. The molecule has 1 aromatic carbocycles. The van der Waals surface area contributed by atoms with Crippen LogP contribution < -0.4 is 10.1 Å². The minimum atomic E-state index is -5.16. The van der Waals surface area contributed by atoms with Gasteiger partial charge in [0.25, 0.3) is 0 Å². The first-order valence-corrected chi connectivity index (χ1v) is 21.6. The molecule has 0 aromatic heterocycles. The first-order valence-electron chi connectivity index (χ1n) is 21.6. The zero-order valence-electron chi connectivity index (χ0n) is 38.4. The standard InChI is InChI=1S/C46H58F3NO16/c1-21(2)16-27(50-40(58)66-41(5,6)7)32(53)39(57)61-28-19-45(59)36(63-38(56)25-12-11-13-26(17-25)65-46(47,48)49)34-43(10,29(52)18-30-44(34,20-60-30)64-23(4)51)35(54)33(62-37(55)24-14-15-24)31(22(28)3)42(45,8)9/h11-13,16-17,24,27-30,32-34,36,52-53,59H,14-15,18-20H2,1-10H3,(H,50,58)/t27-,28-,29-,30+,32+,33+,34-,36-,43+,44-,45+/m0/s1. The number of hydrogen-bond acceptors (Lipinski definition) is 16. The van der Waals surface area contributed by atoms with Crippen LogP contribution in [0.15, 0.2) is 47.1 Å². The van der Waals surface area contributed by atoms with Gasteiger partial charge in [0.2, 0.25) is 0 Å². The predicted octanol–water partition coefficient (Wildman–Crippen LogP) is 4.71. The zero-order chi connectivity index (χ0) is 49.3. The normalized spacial score (nSPS) is 32.3. The lowest BCUT2D eigenvalue weighted by Gasteiger charge is -2.67. The summed E-state index contributed by atoms with van der Waals surface area (Å²) >= 11 is 0. The lowest BCUT2D eigenvalue weighted by molar-refractivity contribution is -0.346. The van der Waals surface area contributed by atoms with Gasteiger partial charge in [-0.3, -0.25) is 14.4 Å². The molecule has 0 spiro atoms. The fourth-order valence-electron chi connectivity index (χ4n) is 10.00. The van der Waals surface area contributed by atoms with Crippen molar-refractivity contribution in [2.75, 3.05) is 6.61 Å². The minimum absolute atomic E-state index is 0.0695. The van der Waals surface area contributed by atoms with Gasteiger partial charge in [-0.05, 0) is 90.7 Å². The Labute approximate surface area is 379 Å². The molecule has 6 rings (SSSR count). The Balaban J connectivity index is 1.56. The third kappa shape index (κ3) is 9.42. The fourth-order valence-corrected chi connectivity index (χ4v) is 10.00. The van der Waals surface area contributed by atoms with Gasteiger partial charge in [-0.1, -0.05) is 31.6 Å². The molecule has 5 aliphatic rings. The summed E-state index contributed by atoms with van der Waals surface area (Å²) < 4.78 is 79.5. The third-order valence-electron chi connectivity index (χ3n) is 13.4. The molecule has 2 bridgehead atoms. The molecule has 1 aliphatic heterocycles. The largest absolute Gasteiger partial charge is 0.573 e. The Kier molecular flexibility index (Phi) is 13.4. The summed E-state index contributed by atoms with van der Waals surface area (Å²) in [5, 5.41) is 39.8. The van der Waals surface area contributed by atoms with Crippen LogP contribution in [-0.4, -0.2) is 124 Å². The van der Waals surface area contributed by atoms with Crippen molar-refractivity contribution in [1.82, 2.24) is 5.32 Å². The third-order valence-corrected chi connectivity index (χ3v) is 13.4. The van der Waals surface area contributed by atoms with Crippen LogP contribution >= 0.6 is 0 Å². The zero-order valence-corrected chi connectivity index (χ0v) is 38.4. The molecule has 11 atom stereocenters. The summed E-state index contributed by atoms with van der Waals surface area (Å²) in [6, 6.07) is 2.41. The summed E-state index contributed by atoms with van der Waals surface area (Å²) in [6.07, 6.45) is -15.6. The van der Waals surface area contributed by atoms with Crippen LogP contribution in [0.2, 0.25) is 0 Å². The topological polar surface area (TPSA) is 240 Å². The second-order valence-corrected chi connectivity index (χ2v) is 19.9. The molecule has 1 aromatic rings. The van der Waals surface area contributed by atoms with E-state index in [0.717, 1.165) is 31.2 Å². The summed E-state index contributed by atoms with van der Waals surface area (Å²) in [6.45, 7) is 14.3. The van der Waals surface area contributed by atoms with Gasteiger partial charge >= 0.3 is 36.3 Å². The number of halogens is 3. The van der Waals surface area contributed by atoms with Crippen LogP contribution in [0.4, 0.5) is 18.0 Å². The van der Waals surface area contributed by atoms with E-state index in [0.29, 0.717) is 18.4 Å². The Morgan fingerprint density at radius 2 is 1.65 bits per heavy atom. The van der Waals surface area contributed by atoms with Crippen LogP contribution in [0.25, 0.3) is 0 Å². The highest BCUT2D eigenvalue weighted by atomic mass is 19.4. The van der Waals surface area contributed by atoms with E-state index in [1.54, 1.807) is 34.6 Å². The molecule has 66 heavy (non-hydrogen) atoms. The van der Waals surface area contributed by atoms with E-state index in [2.05, 4.69) is 10.1 Å². The highest BCUT2D eigenvalue weighted by molar-refractivity contribution is 5.96. The lowest BCUT2D eigenvalue weighted by atomic mass is 9.44. The van der Waals surface area contributed by atoms with E-state index in [4.69, 9.17) is 28.4 Å². The van der Waals surface area contributed by atoms with Crippen LogP contribution in [-0.2, 0) is 47.6 Å². The van der Waals surface area contributed by atoms with Gasteiger partial charge in [0.05, 0.1) is 41.6 Å². The van der Waals surface area contributed by atoms with Gasteiger partial charge in [-0.25, -0.2) is 14.4 Å². The Morgan fingerprint density at radius 1 is 1.00 bits per heavy atom. The predicted molar refractivity (Wildman–Crippen MR) is 221 cm³/mol. The number of alkyl carbamates (subject to hydrolysis) is 1. The molecular weight excluding hydrogens is 879 g/mol. The number of hydrogen-bond donors (Lipinski definition) is 4. The maximum atomic E-state index is 15.7. The summed E-state index contributed by atoms with van der Waals surface area (Å²) in [5.74, 6) is -8.50. The number of carbonyl (C=O) groups is 6. The number of Topliss-reactive ketones (excluding diaryl/α,β-unsaturated/α-hetero) is 1. The fraction of sp³-hybridized carbons (Fsp3) is 0.652. The Morgan fingerprint density at radius 3 is 2.20 bits per heavy atom. The number of alkyl halides is 3. The molecule has 20 heteroatoms. The van der Waals surface area contributed by atoms with Crippen LogP contribution in [0.1, 0.15) is 105 Å². The smallest absolute Gasteiger partial charge is 0.456 e. The molecule has 0 unspecified atom stereocenters. The molecule has 1 amide bonds. The van der Waals surface area contributed by atoms with Gasteiger partial charge in [0.15, 0.2) is 23.6 Å². The van der Waals surface area contributed by atoms with Gasteiger partial charge < -0.3 is 53.8 Å². The van der Waals surface area contributed by atoms with Gasteiger partial charge in [0, 0.05) is 25.2 Å². The first kappa shape index (κ1) is 50.4. The van der Waals surface area contributed by atoms with Crippen molar-refractivity contribution >= 4 is 35.8 Å². The van der Waals surface area contributed by atoms with E-state index in [1.807, 2.05) is 0 Å². The minimum Gasteiger partial charge on any atom is -0.456 e. The van der Waals surface area contributed by atoms with Crippen molar-refractivity contribution in [3.05, 3.63) is 52.6 Å². The number of ketones is 1. The van der Waals surface area contributed by atoms with E-state index in [-0.39, 0.29) is 17.6 Å². The van der Waals surface area contributed by atoms with E-state index >= 15 is 4.79 Å². The molecule has 3 saturated carbocycles. The van der Waals surface area contributed by atoms with E-state index in [9.17, 15) is 52.5 Å². The van der Waals surface area contributed by atoms with Crippen molar-refractivity contribution in [2.24, 2.45) is 22.7 Å². The lowest BCUT2D eigenvalue weighted by Crippen LogP contribution is -2.82. The maximum absolute atomic E-state index is 15.7. The maximum Gasteiger partial charge on any atom is 0.573 e. The summed E-state index contributed by atoms with van der Waals surface area (Å²) in [4.78, 5) is 83.9. The van der Waals surface area contributed by atoms with Gasteiger partial charge in [-0.2, -0.15) is 0 Å². The molecule has 4 N–H and O–H groups in total. The molecule has 0 radical (unpaired) electrons. The average molecular weight is 938 g/mol. The number of carbonyl (C=O) groups excluding carboxylic acids is 6. The molecule has 364 valence electrons. The van der Waals surface area contributed by atoms with Gasteiger partial charge in [0.1, 0.15) is 35.3 Å².